The zero-order valence-electron chi connectivity index (χ0n) is 12.9. The summed E-state index contributed by atoms with van der Waals surface area (Å²) in [4.78, 5) is 14.2. The molecule has 0 spiro atoms. The van der Waals surface area contributed by atoms with Crippen LogP contribution in [0.25, 0.3) is 0 Å². The number of rotatable bonds is 8. The summed E-state index contributed by atoms with van der Waals surface area (Å²) in [5.41, 5.74) is 5.77. The number of nitrogens with zero attached hydrogens (tertiary/aromatic N) is 1. The van der Waals surface area contributed by atoms with Gasteiger partial charge in [-0.3, -0.25) is 9.69 Å². The smallest absolute Gasteiger partial charge is 0.237 e. The first kappa shape index (κ1) is 17.4. The van der Waals surface area contributed by atoms with Crippen LogP contribution in [0.5, 0.6) is 0 Å². The van der Waals surface area contributed by atoms with Crippen LogP contribution < -0.4 is 11.1 Å². The fourth-order valence-corrected chi connectivity index (χ4v) is 1.89. The van der Waals surface area contributed by atoms with Gasteiger partial charge in [0.2, 0.25) is 5.91 Å². The van der Waals surface area contributed by atoms with Crippen molar-refractivity contribution in [1.82, 2.24) is 10.2 Å². The molecule has 1 amide bonds. The van der Waals surface area contributed by atoms with Crippen LogP contribution in [-0.4, -0.2) is 43.0 Å². The fourth-order valence-electron chi connectivity index (χ4n) is 1.89. The first-order chi connectivity index (χ1) is 8.27. The third-order valence-corrected chi connectivity index (χ3v) is 3.60. The van der Waals surface area contributed by atoms with Crippen molar-refractivity contribution in [3.8, 4) is 0 Å². The molecule has 0 aromatic heterocycles. The van der Waals surface area contributed by atoms with Gasteiger partial charge < -0.3 is 11.1 Å². The molecule has 4 nitrogen and oxygen atoms in total. The van der Waals surface area contributed by atoms with Gasteiger partial charge >= 0.3 is 0 Å². The molecule has 0 rings (SSSR count). The standard InChI is InChI=1S/C14H31N3O/c1-7-12(8-2)16-13(18)11(3)17(6)10-14(4,5)9-15/h11-12H,7-10,15H2,1-6H3,(H,16,18). The van der Waals surface area contributed by atoms with Gasteiger partial charge in [-0.1, -0.05) is 27.7 Å². The molecular formula is C14H31N3O. The van der Waals surface area contributed by atoms with Crippen LogP contribution in [0.1, 0.15) is 47.5 Å². The maximum atomic E-state index is 12.1. The van der Waals surface area contributed by atoms with Crippen LogP contribution >= 0.6 is 0 Å². The van der Waals surface area contributed by atoms with Crippen LogP contribution in [0.2, 0.25) is 0 Å². The number of nitrogens with one attached hydrogen (secondary N) is 1. The average molecular weight is 257 g/mol. The molecule has 3 N–H and O–H groups in total. The third-order valence-electron chi connectivity index (χ3n) is 3.60. The minimum Gasteiger partial charge on any atom is -0.352 e. The van der Waals surface area contributed by atoms with Crippen molar-refractivity contribution in [3.63, 3.8) is 0 Å². The van der Waals surface area contributed by atoms with Crippen molar-refractivity contribution in [3.05, 3.63) is 0 Å². The van der Waals surface area contributed by atoms with E-state index in [1.54, 1.807) is 0 Å². The SMILES string of the molecule is CCC(CC)NC(=O)C(C)N(C)CC(C)(C)CN. The number of hydrogen-bond donors (Lipinski definition) is 2. The summed E-state index contributed by atoms with van der Waals surface area (Å²) in [7, 11) is 1.98. The molecule has 0 aliphatic heterocycles. The molecule has 0 fully saturated rings. The highest BCUT2D eigenvalue weighted by atomic mass is 16.2. The largest absolute Gasteiger partial charge is 0.352 e. The van der Waals surface area contributed by atoms with Crippen LogP contribution in [0.3, 0.4) is 0 Å². The quantitative estimate of drug-likeness (QED) is 0.694. The normalized spacial score (nSPS) is 14.1. The predicted octanol–water partition coefficient (Wildman–Crippen LogP) is 1.60. The van der Waals surface area contributed by atoms with E-state index in [1.807, 2.05) is 14.0 Å². The summed E-state index contributed by atoms with van der Waals surface area (Å²) in [6.45, 7) is 11.8. The molecule has 108 valence electrons. The summed E-state index contributed by atoms with van der Waals surface area (Å²) < 4.78 is 0. The van der Waals surface area contributed by atoms with E-state index in [4.69, 9.17) is 5.73 Å². The summed E-state index contributed by atoms with van der Waals surface area (Å²) in [6, 6.07) is 0.173. The number of carbonyl (C=O) groups is 1. The first-order valence-electron chi connectivity index (χ1n) is 6.98. The van der Waals surface area contributed by atoms with Gasteiger partial charge in [-0.2, -0.15) is 0 Å². The second kappa shape index (κ2) is 7.74. The fraction of sp³-hybridized carbons (Fsp3) is 0.929. The average Bonchev–Trinajstić information content (AvgIpc) is 2.34. The van der Waals surface area contributed by atoms with E-state index in [1.165, 1.54) is 0 Å². The number of amides is 1. The number of nitrogens with two attached hydrogens (primary N) is 1. The molecule has 0 radical (unpaired) electrons. The first-order valence-corrected chi connectivity index (χ1v) is 6.98. The molecule has 0 aliphatic carbocycles. The Labute approximate surface area is 112 Å². The highest BCUT2D eigenvalue weighted by Gasteiger charge is 2.25. The summed E-state index contributed by atoms with van der Waals surface area (Å²) in [5.74, 6) is 0.110. The lowest BCUT2D eigenvalue weighted by Gasteiger charge is -2.33. The van der Waals surface area contributed by atoms with Crippen molar-refractivity contribution < 1.29 is 4.79 Å². The van der Waals surface area contributed by atoms with E-state index >= 15 is 0 Å². The summed E-state index contributed by atoms with van der Waals surface area (Å²) >= 11 is 0. The molecule has 0 saturated carbocycles. The molecule has 0 saturated heterocycles. The summed E-state index contributed by atoms with van der Waals surface area (Å²) in [5, 5.41) is 3.09. The van der Waals surface area contributed by atoms with E-state index < -0.39 is 0 Å². The minimum atomic E-state index is -0.114. The molecular weight excluding hydrogens is 226 g/mol. The second-order valence-corrected chi connectivity index (χ2v) is 5.98. The van der Waals surface area contributed by atoms with Gasteiger partial charge in [0.25, 0.3) is 0 Å². The van der Waals surface area contributed by atoms with E-state index in [0.29, 0.717) is 6.54 Å². The second-order valence-electron chi connectivity index (χ2n) is 5.98. The van der Waals surface area contributed by atoms with E-state index in [0.717, 1.165) is 19.4 Å². The van der Waals surface area contributed by atoms with Crippen molar-refractivity contribution >= 4 is 5.91 Å². The van der Waals surface area contributed by atoms with Crippen LogP contribution in [0.4, 0.5) is 0 Å². The molecule has 1 unspecified atom stereocenters. The molecule has 0 bridgehead atoms. The maximum Gasteiger partial charge on any atom is 0.237 e. The molecule has 0 aromatic rings. The van der Waals surface area contributed by atoms with Gasteiger partial charge in [0.15, 0.2) is 0 Å². The van der Waals surface area contributed by atoms with E-state index in [-0.39, 0.29) is 23.4 Å². The van der Waals surface area contributed by atoms with Crippen molar-refractivity contribution in [2.45, 2.75) is 59.5 Å². The number of hydrogen-bond acceptors (Lipinski definition) is 3. The van der Waals surface area contributed by atoms with Crippen LogP contribution in [0.15, 0.2) is 0 Å². The summed E-state index contributed by atoms with van der Waals surface area (Å²) in [6.07, 6.45) is 1.96. The lowest BCUT2D eigenvalue weighted by Crippen LogP contribution is -2.49. The Hall–Kier alpha value is -0.610. The molecule has 4 heteroatoms. The zero-order valence-corrected chi connectivity index (χ0v) is 12.9. The topological polar surface area (TPSA) is 58.4 Å². The third kappa shape index (κ3) is 5.83. The Morgan fingerprint density at radius 2 is 1.83 bits per heavy atom. The van der Waals surface area contributed by atoms with Crippen molar-refractivity contribution in [1.29, 1.82) is 0 Å². The van der Waals surface area contributed by atoms with Gasteiger partial charge in [0, 0.05) is 12.6 Å². The highest BCUT2D eigenvalue weighted by Crippen LogP contribution is 2.15. The molecule has 0 heterocycles. The lowest BCUT2D eigenvalue weighted by atomic mass is 9.92. The van der Waals surface area contributed by atoms with E-state index in [9.17, 15) is 4.79 Å². The van der Waals surface area contributed by atoms with Gasteiger partial charge in [-0.25, -0.2) is 0 Å². The zero-order chi connectivity index (χ0) is 14.3. The number of carbonyl (C=O) groups excluding carboxylic acids is 1. The van der Waals surface area contributed by atoms with Crippen LogP contribution in [0, 0.1) is 5.41 Å². The van der Waals surface area contributed by atoms with Crippen LogP contribution in [-0.2, 0) is 4.79 Å². The predicted molar refractivity (Wildman–Crippen MR) is 77.4 cm³/mol. The molecule has 0 aliphatic rings. The lowest BCUT2D eigenvalue weighted by molar-refractivity contribution is -0.126. The van der Waals surface area contributed by atoms with Gasteiger partial charge in [-0.05, 0) is 38.8 Å². The maximum absolute atomic E-state index is 12.1. The molecule has 1 atom stereocenters. The van der Waals surface area contributed by atoms with Crippen molar-refractivity contribution in [2.75, 3.05) is 20.1 Å². The molecule has 18 heavy (non-hydrogen) atoms. The highest BCUT2D eigenvalue weighted by molar-refractivity contribution is 5.81. The van der Waals surface area contributed by atoms with Gasteiger partial charge in [-0.15, -0.1) is 0 Å². The Morgan fingerprint density at radius 3 is 2.22 bits per heavy atom. The Balaban J connectivity index is 4.36. The Bertz CT molecular complexity index is 249. The molecule has 0 aromatic carbocycles. The minimum absolute atomic E-state index is 0.0399. The van der Waals surface area contributed by atoms with Gasteiger partial charge in [0.1, 0.15) is 0 Å². The number of likely N-dealkylation sites (N-methyl/N-ethyl adjacent to an activating group) is 1. The Kier molecular flexibility index (Phi) is 7.48. The van der Waals surface area contributed by atoms with Crippen molar-refractivity contribution in [2.24, 2.45) is 11.1 Å². The van der Waals surface area contributed by atoms with Gasteiger partial charge in [0.05, 0.1) is 6.04 Å². The monoisotopic (exact) mass is 257 g/mol. The Morgan fingerprint density at radius 1 is 1.33 bits per heavy atom. The van der Waals surface area contributed by atoms with E-state index in [2.05, 4.69) is 37.9 Å².